The molecule has 0 fully saturated rings. The second kappa shape index (κ2) is 11.8. The summed E-state index contributed by atoms with van der Waals surface area (Å²) in [5.74, 6) is -1.65. The number of benzene rings is 1. The lowest BCUT2D eigenvalue weighted by Gasteiger charge is -2.11. The molecule has 0 aromatic heterocycles. The fourth-order valence-corrected chi connectivity index (χ4v) is 2.94. The third-order valence-corrected chi connectivity index (χ3v) is 4.55. The van der Waals surface area contributed by atoms with Crippen LogP contribution >= 0.6 is 11.8 Å². The summed E-state index contributed by atoms with van der Waals surface area (Å²) in [6.45, 7) is 4.94. The smallest absolute Gasteiger partial charge is 0.224 e. The summed E-state index contributed by atoms with van der Waals surface area (Å²) in [5.41, 5.74) is 0.887. The summed E-state index contributed by atoms with van der Waals surface area (Å²) < 4.78 is 33.5. The summed E-state index contributed by atoms with van der Waals surface area (Å²) in [6.07, 6.45) is 5.92. The fraction of sp³-hybridized carbons (Fsp3) is 0.450. The van der Waals surface area contributed by atoms with Crippen LogP contribution in [0.5, 0.6) is 5.75 Å². The molecule has 0 heterocycles. The maximum absolute atomic E-state index is 14.0. The van der Waals surface area contributed by atoms with Crippen LogP contribution in [0.4, 0.5) is 8.78 Å². The first kappa shape index (κ1) is 23.2. The predicted octanol–water partition coefficient (Wildman–Crippen LogP) is 3.78. The molecule has 0 saturated heterocycles. The lowest BCUT2D eigenvalue weighted by molar-refractivity contribution is -0.120. The Hall–Kier alpha value is -1.86. The lowest BCUT2D eigenvalue weighted by atomic mass is 10.1. The van der Waals surface area contributed by atoms with Gasteiger partial charge in [0.15, 0.2) is 0 Å². The van der Waals surface area contributed by atoms with Crippen LogP contribution in [0.2, 0.25) is 0 Å². The Morgan fingerprint density at radius 2 is 1.96 bits per heavy atom. The zero-order chi connectivity index (χ0) is 20.4. The Bertz CT molecular complexity index is 668. The zero-order valence-corrected chi connectivity index (χ0v) is 17.3. The van der Waals surface area contributed by atoms with E-state index in [2.05, 4.69) is 28.4 Å². The molecule has 1 rings (SSSR count). The van der Waals surface area contributed by atoms with Crippen molar-refractivity contribution in [3.63, 3.8) is 0 Å². The van der Waals surface area contributed by atoms with E-state index >= 15 is 0 Å². The van der Waals surface area contributed by atoms with E-state index in [1.807, 2.05) is 27.9 Å². The number of hydrogen-bond donors (Lipinski definition) is 1. The normalized spacial score (nSPS) is 13.3. The third kappa shape index (κ3) is 9.06. The molecule has 1 aromatic carbocycles. The number of nitrogens with zero attached hydrogens (tertiary/aromatic N) is 1. The van der Waals surface area contributed by atoms with Gasteiger partial charge in [-0.1, -0.05) is 23.8 Å². The van der Waals surface area contributed by atoms with Crippen molar-refractivity contribution in [1.29, 1.82) is 0 Å². The highest BCUT2D eigenvalue weighted by Gasteiger charge is 2.15. The molecule has 4 nitrogen and oxygen atoms in total. The van der Waals surface area contributed by atoms with E-state index in [0.29, 0.717) is 0 Å². The van der Waals surface area contributed by atoms with Gasteiger partial charge < -0.3 is 15.0 Å². The molecule has 0 radical (unpaired) electrons. The van der Waals surface area contributed by atoms with E-state index in [1.165, 1.54) is 18.8 Å². The summed E-state index contributed by atoms with van der Waals surface area (Å²) in [5, 5.41) is 2.53. The fourth-order valence-electron chi connectivity index (χ4n) is 2.21. The number of carbonyl (C=O) groups is 1. The first-order chi connectivity index (χ1) is 12.7. The van der Waals surface area contributed by atoms with Gasteiger partial charge in [-0.15, -0.1) is 11.8 Å². The molecule has 150 valence electrons. The molecule has 1 amide bonds. The van der Waals surface area contributed by atoms with Gasteiger partial charge in [0.25, 0.3) is 0 Å². The third-order valence-electron chi connectivity index (χ3n) is 3.64. The topological polar surface area (TPSA) is 41.6 Å². The second-order valence-corrected chi connectivity index (χ2v) is 7.74. The summed E-state index contributed by atoms with van der Waals surface area (Å²) in [7, 11) is 5.44. The van der Waals surface area contributed by atoms with E-state index in [1.54, 1.807) is 0 Å². The van der Waals surface area contributed by atoms with Crippen molar-refractivity contribution in [2.75, 3.05) is 33.6 Å². The quantitative estimate of drug-likeness (QED) is 0.481. The highest BCUT2D eigenvalue weighted by Crippen LogP contribution is 2.23. The molecule has 0 aliphatic heterocycles. The standard InChI is InChI=1S/C20H28F2N2O2S/c1-14(7-6-8-24(4)5)9-15(2)27-13-26-16-10-18(21)17(19(22)11-16)12-20(25)23-3/h6-7,9-11,15H,8,12-13H2,1-5H3,(H,23,25)/b7-6-,14-9-. The summed E-state index contributed by atoms with van der Waals surface area (Å²) in [4.78, 5) is 13.4. The lowest BCUT2D eigenvalue weighted by Crippen LogP contribution is -2.21. The number of thioether (sulfide) groups is 1. The number of halogens is 2. The number of carbonyl (C=O) groups excluding carboxylic acids is 1. The van der Waals surface area contributed by atoms with Crippen LogP contribution in [-0.2, 0) is 11.2 Å². The van der Waals surface area contributed by atoms with Crippen molar-refractivity contribution in [1.82, 2.24) is 10.2 Å². The number of nitrogens with one attached hydrogen (secondary N) is 1. The maximum atomic E-state index is 14.0. The minimum atomic E-state index is -0.784. The van der Waals surface area contributed by atoms with Crippen LogP contribution in [0.15, 0.2) is 35.9 Å². The minimum Gasteiger partial charge on any atom is -0.483 e. The van der Waals surface area contributed by atoms with Crippen molar-refractivity contribution in [3.05, 3.63) is 53.1 Å². The average molecular weight is 399 g/mol. The molecular weight excluding hydrogens is 370 g/mol. The van der Waals surface area contributed by atoms with E-state index in [4.69, 9.17) is 4.74 Å². The summed E-state index contributed by atoms with van der Waals surface area (Å²) >= 11 is 1.52. The Morgan fingerprint density at radius 3 is 2.52 bits per heavy atom. The maximum Gasteiger partial charge on any atom is 0.224 e. The first-order valence-corrected chi connectivity index (χ1v) is 9.70. The van der Waals surface area contributed by atoms with Gasteiger partial charge in [-0.2, -0.15) is 0 Å². The van der Waals surface area contributed by atoms with Crippen molar-refractivity contribution in [2.45, 2.75) is 25.5 Å². The van der Waals surface area contributed by atoms with Crippen LogP contribution in [0.1, 0.15) is 19.4 Å². The molecule has 0 aliphatic carbocycles. The second-order valence-electron chi connectivity index (χ2n) is 6.42. The van der Waals surface area contributed by atoms with Crippen LogP contribution in [0.25, 0.3) is 0 Å². The van der Waals surface area contributed by atoms with Crippen molar-refractivity contribution >= 4 is 17.7 Å². The zero-order valence-electron chi connectivity index (χ0n) is 16.5. The Morgan fingerprint density at radius 1 is 1.33 bits per heavy atom. The van der Waals surface area contributed by atoms with Gasteiger partial charge in [0.05, 0.1) is 6.42 Å². The molecule has 0 bridgehead atoms. The monoisotopic (exact) mass is 398 g/mol. The van der Waals surface area contributed by atoms with Gasteiger partial charge in [-0.3, -0.25) is 4.79 Å². The summed E-state index contributed by atoms with van der Waals surface area (Å²) in [6, 6.07) is 2.22. The van der Waals surface area contributed by atoms with Crippen LogP contribution < -0.4 is 10.1 Å². The molecule has 1 atom stereocenters. The Kier molecular flexibility index (Phi) is 10.1. The number of amides is 1. The van der Waals surface area contributed by atoms with Gasteiger partial charge in [-0.05, 0) is 27.9 Å². The molecular formula is C20H28F2N2O2S. The van der Waals surface area contributed by atoms with Crippen LogP contribution in [0, 0.1) is 11.6 Å². The predicted molar refractivity (Wildman–Crippen MR) is 108 cm³/mol. The van der Waals surface area contributed by atoms with Crippen LogP contribution in [-0.4, -0.2) is 49.7 Å². The van der Waals surface area contributed by atoms with Crippen molar-refractivity contribution in [3.8, 4) is 5.75 Å². The van der Waals surface area contributed by atoms with Crippen LogP contribution in [0.3, 0.4) is 0 Å². The van der Waals surface area contributed by atoms with Crippen molar-refractivity contribution in [2.24, 2.45) is 0 Å². The minimum absolute atomic E-state index is 0.108. The SMILES string of the molecule is CNC(=O)Cc1c(F)cc(OCSC(C)/C=C(C)\C=C/CN(C)C)cc1F. The number of hydrogen-bond acceptors (Lipinski definition) is 4. The molecule has 0 spiro atoms. The molecule has 0 aliphatic rings. The van der Waals surface area contributed by atoms with Gasteiger partial charge in [0.1, 0.15) is 23.3 Å². The number of rotatable bonds is 10. The molecule has 1 aromatic rings. The van der Waals surface area contributed by atoms with Crippen molar-refractivity contribution < 1.29 is 18.3 Å². The molecule has 1 unspecified atom stereocenters. The van der Waals surface area contributed by atoms with E-state index in [9.17, 15) is 13.6 Å². The average Bonchev–Trinajstić information content (AvgIpc) is 2.57. The Balaban J connectivity index is 2.56. The van der Waals surface area contributed by atoms with Gasteiger partial charge in [0, 0.05) is 36.5 Å². The Labute approximate surface area is 164 Å². The first-order valence-electron chi connectivity index (χ1n) is 8.65. The number of likely N-dealkylation sites (N-methyl/N-ethyl adjacent to an activating group) is 2. The highest BCUT2D eigenvalue weighted by atomic mass is 32.2. The van der Waals surface area contributed by atoms with Gasteiger partial charge >= 0.3 is 0 Å². The molecule has 27 heavy (non-hydrogen) atoms. The largest absolute Gasteiger partial charge is 0.483 e. The molecule has 0 saturated carbocycles. The van der Waals surface area contributed by atoms with Gasteiger partial charge in [-0.25, -0.2) is 8.78 Å². The highest BCUT2D eigenvalue weighted by molar-refractivity contribution is 7.99. The number of allylic oxidation sites excluding steroid dienone is 2. The van der Waals surface area contributed by atoms with E-state index in [0.717, 1.165) is 24.3 Å². The molecule has 1 N–H and O–H groups in total. The van der Waals surface area contributed by atoms with Gasteiger partial charge in [0.2, 0.25) is 5.91 Å². The molecule has 7 heteroatoms. The van der Waals surface area contributed by atoms with E-state index < -0.39 is 17.5 Å². The number of ether oxygens (including phenoxy) is 1. The van der Waals surface area contributed by atoms with E-state index in [-0.39, 0.29) is 28.9 Å².